The minimum Gasteiger partial charge on any atom is -0.497 e. The summed E-state index contributed by atoms with van der Waals surface area (Å²) < 4.78 is 6.55. The van der Waals surface area contributed by atoms with Gasteiger partial charge in [0.25, 0.3) is 0 Å². The van der Waals surface area contributed by atoms with Crippen molar-refractivity contribution < 1.29 is 14.6 Å². The molecular formula is C11H10N2O3S. The fourth-order valence-electron chi connectivity index (χ4n) is 1.26. The summed E-state index contributed by atoms with van der Waals surface area (Å²) in [6, 6.07) is 7.35. The summed E-state index contributed by atoms with van der Waals surface area (Å²) in [4.78, 5) is 15.6. The van der Waals surface area contributed by atoms with E-state index in [2.05, 4.69) is 4.98 Å². The van der Waals surface area contributed by atoms with Crippen LogP contribution in [0.4, 0.5) is 0 Å². The number of carboxylic acids is 1. The Hall–Kier alpha value is -1.95. The van der Waals surface area contributed by atoms with Gasteiger partial charge in [-0.2, -0.15) is 0 Å². The van der Waals surface area contributed by atoms with Gasteiger partial charge in [0.15, 0.2) is 5.69 Å². The maximum atomic E-state index is 10.9. The Labute approximate surface area is 102 Å². The lowest BCUT2D eigenvalue weighted by Crippen LogP contribution is -2.01. The molecular weight excluding hydrogens is 240 g/mol. The normalized spacial score (nSPS) is 10.2. The van der Waals surface area contributed by atoms with Gasteiger partial charge in [0, 0.05) is 4.90 Å². The van der Waals surface area contributed by atoms with Gasteiger partial charge in [0.1, 0.15) is 12.1 Å². The van der Waals surface area contributed by atoms with Crippen LogP contribution in [-0.2, 0) is 0 Å². The smallest absolute Gasteiger partial charge is 0.355 e. The van der Waals surface area contributed by atoms with Crippen LogP contribution >= 0.6 is 11.9 Å². The van der Waals surface area contributed by atoms with E-state index in [1.54, 1.807) is 7.11 Å². The van der Waals surface area contributed by atoms with Crippen molar-refractivity contribution in [2.45, 2.75) is 4.90 Å². The minimum absolute atomic E-state index is 0.144. The van der Waals surface area contributed by atoms with E-state index in [-0.39, 0.29) is 5.69 Å². The van der Waals surface area contributed by atoms with Gasteiger partial charge in [-0.3, -0.25) is 3.97 Å². The van der Waals surface area contributed by atoms with Gasteiger partial charge in [-0.05, 0) is 36.2 Å². The molecule has 0 radical (unpaired) electrons. The summed E-state index contributed by atoms with van der Waals surface area (Å²) in [6.07, 6.45) is 2.79. The lowest BCUT2D eigenvalue weighted by Gasteiger charge is -2.05. The van der Waals surface area contributed by atoms with Gasteiger partial charge in [0.05, 0.1) is 13.3 Å². The van der Waals surface area contributed by atoms with Crippen LogP contribution in [0.25, 0.3) is 0 Å². The molecule has 0 spiro atoms. The first kappa shape index (κ1) is 11.5. The molecule has 0 unspecified atom stereocenters. The highest BCUT2D eigenvalue weighted by Crippen LogP contribution is 2.24. The van der Waals surface area contributed by atoms with Crippen LogP contribution in [0.2, 0.25) is 0 Å². The van der Waals surface area contributed by atoms with Crippen molar-refractivity contribution in [3.8, 4) is 5.75 Å². The number of benzene rings is 1. The Morgan fingerprint density at radius 1 is 1.41 bits per heavy atom. The van der Waals surface area contributed by atoms with Gasteiger partial charge in [-0.15, -0.1) is 0 Å². The molecule has 1 aromatic carbocycles. The van der Waals surface area contributed by atoms with Crippen LogP contribution in [0.3, 0.4) is 0 Å². The summed E-state index contributed by atoms with van der Waals surface area (Å²) in [5.41, 5.74) is 0.144. The average Bonchev–Trinajstić information content (AvgIpc) is 2.78. The van der Waals surface area contributed by atoms with E-state index in [9.17, 15) is 4.79 Å². The van der Waals surface area contributed by atoms with Crippen LogP contribution in [-0.4, -0.2) is 27.1 Å². The van der Waals surface area contributed by atoms with Crippen LogP contribution in [0.5, 0.6) is 5.75 Å². The minimum atomic E-state index is -0.997. The van der Waals surface area contributed by atoms with Crippen molar-refractivity contribution in [1.82, 2.24) is 8.96 Å². The SMILES string of the molecule is COc1ccc(Sn2cncc2C(=O)O)cc1. The molecule has 1 N–H and O–H groups in total. The zero-order valence-corrected chi connectivity index (χ0v) is 9.85. The first-order valence-corrected chi connectivity index (χ1v) is 5.56. The Morgan fingerprint density at radius 3 is 2.71 bits per heavy atom. The molecule has 1 aromatic heterocycles. The van der Waals surface area contributed by atoms with Crippen molar-refractivity contribution in [3.63, 3.8) is 0 Å². The number of hydrogen-bond acceptors (Lipinski definition) is 4. The van der Waals surface area contributed by atoms with E-state index < -0.39 is 5.97 Å². The van der Waals surface area contributed by atoms with E-state index in [0.717, 1.165) is 10.6 Å². The topological polar surface area (TPSA) is 64.4 Å². The number of rotatable bonds is 4. The number of methoxy groups -OCH3 is 1. The molecule has 2 rings (SSSR count). The van der Waals surface area contributed by atoms with E-state index in [4.69, 9.17) is 9.84 Å². The third-order valence-electron chi connectivity index (χ3n) is 2.09. The van der Waals surface area contributed by atoms with E-state index in [0.29, 0.717) is 0 Å². The van der Waals surface area contributed by atoms with E-state index in [1.807, 2.05) is 24.3 Å². The summed E-state index contributed by atoms with van der Waals surface area (Å²) in [7, 11) is 1.60. The molecule has 2 aromatic rings. The summed E-state index contributed by atoms with van der Waals surface area (Å²) in [5, 5.41) is 8.92. The van der Waals surface area contributed by atoms with E-state index in [1.165, 1.54) is 28.4 Å². The van der Waals surface area contributed by atoms with Crippen molar-refractivity contribution >= 4 is 17.9 Å². The van der Waals surface area contributed by atoms with Crippen molar-refractivity contribution in [2.75, 3.05) is 7.11 Å². The molecule has 0 atom stereocenters. The number of ether oxygens (including phenoxy) is 1. The molecule has 0 saturated carbocycles. The van der Waals surface area contributed by atoms with Gasteiger partial charge in [-0.1, -0.05) is 0 Å². The first-order chi connectivity index (χ1) is 8.20. The monoisotopic (exact) mass is 250 g/mol. The quantitative estimate of drug-likeness (QED) is 0.900. The molecule has 5 nitrogen and oxygen atoms in total. The Balaban J connectivity index is 2.19. The average molecular weight is 250 g/mol. The van der Waals surface area contributed by atoms with Gasteiger partial charge >= 0.3 is 5.97 Å². The van der Waals surface area contributed by atoms with Gasteiger partial charge < -0.3 is 9.84 Å². The van der Waals surface area contributed by atoms with Gasteiger partial charge in [0.2, 0.25) is 0 Å². The Morgan fingerprint density at radius 2 is 2.12 bits per heavy atom. The summed E-state index contributed by atoms with van der Waals surface area (Å²) in [6.45, 7) is 0. The number of carbonyl (C=O) groups is 1. The zero-order valence-electron chi connectivity index (χ0n) is 9.03. The lowest BCUT2D eigenvalue weighted by atomic mass is 10.3. The van der Waals surface area contributed by atoms with Crippen LogP contribution in [0.15, 0.2) is 41.7 Å². The van der Waals surface area contributed by atoms with Crippen LogP contribution in [0.1, 0.15) is 10.5 Å². The first-order valence-electron chi connectivity index (χ1n) is 4.79. The maximum Gasteiger partial charge on any atom is 0.355 e. The van der Waals surface area contributed by atoms with Gasteiger partial charge in [-0.25, -0.2) is 9.78 Å². The molecule has 0 saturated heterocycles. The standard InChI is InChI=1S/C11H10N2O3S/c1-16-8-2-4-9(5-3-8)17-13-7-12-6-10(13)11(14)15/h2-7H,1H3,(H,14,15). The summed E-state index contributed by atoms with van der Waals surface area (Å²) >= 11 is 1.29. The zero-order chi connectivity index (χ0) is 12.3. The Bertz CT molecular complexity index is 522. The number of aromatic carboxylic acids is 1. The molecule has 0 aliphatic rings. The van der Waals surface area contributed by atoms with Crippen molar-refractivity contribution in [2.24, 2.45) is 0 Å². The largest absolute Gasteiger partial charge is 0.497 e. The lowest BCUT2D eigenvalue weighted by molar-refractivity contribution is 0.0690. The molecule has 6 heteroatoms. The third kappa shape index (κ3) is 2.59. The second kappa shape index (κ2) is 4.92. The molecule has 0 aliphatic carbocycles. The highest BCUT2D eigenvalue weighted by atomic mass is 32.2. The number of hydrogen-bond donors (Lipinski definition) is 1. The van der Waals surface area contributed by atoms with E-state index >= 15 is 0 Å². The number of nitrogens with zero attached hydrogens (tertiary/aromatic N) is 2. The molecule has 1 heterocycles. The number of imidazole rings is 1. The predicted molar refractivity (Wildman–Crippen MR) is 63.4 cm³/mol. The number of aromatic nitrogens is 2. The molecule has 0 bridgehead atoms. The third-order valence-corrected chi connectivity index (χ3v) is 3.06. The van der Waals surface area contributed by atoms with Crippen LogP contribution < -0.4 is 4.74 Å². The number of carboxylic acid groups (broad SMARTS) is 1. The second-order valence-electron chi connectivity index (χ2n) is 3.18. The fourth-order valence-corrected chi connectivity index (χ4v) is 2.07. The highest BCUT2D eigenvalue weighted by molar-refractivity contribution is 7.97. The molecule has 0 fully saturated rings. The van der Waals surface area contributed by atoms with Crippen molar-refractivity contribution in [3.05, 3.63) is 42.5 Å². The molecule has 88 valence electrons. The molecule has 0 aliphatic heterocycles. The Kier molecular flexibility index (Phi) is 3.34. The predicted octanol–water partition coefficient (Wildman–Crippen LogP) is 2.15. The maximum absolute atomic E-state index is 10.9. The molecule has 0 amide bonds. The summed E-state index contributed by atoms with van der Waals surface area (Å²) in [5.74, 6) is -0.234. The molecule has 17 heavy (non-hydrogen) atoms. The van der Waals surface area contributed by atoms with Crippen LogP contribution in [0, 0.1) is 0 Å². The highest BCUT2D eigenvalue weighted by Gasteiger charge is 2.10. The fraction of sp³-hybridized carbons (Fsp3) is 0.0909. The van der Waals surface area contributed by atoms with Crippen molar-refractivity contribution in [1.29, 1.82) is 0 Å². The second-order valence-corrected chi connectivity index (χ2v) is 4.22.